The molecule has 11 nitrogen and oxygen atoms in total. The summed E-state index contributed by atoms with van der Waals surface area (Å²) in [5, 5.41) is 30.6. The molecule has 1 fully saturated rings. The lowest BCUT2D eigenvalue weighted by atomic mass is 9.99. The molecule has 218 valence electrons. The fourth-order valence-corrected chi connectivity index (χ4v) is 2.99. The minimum Gasteiger partial charge on any atom is -0.427 e. The van der Waals surface area contributed by atoms with Crippen LogP contribution in [0.4, 0.5) is 11.4 Å². The molecule has 12 heteroatoms. The maximum absolute atomic E-state index is 10.4. The van der Waals surface area contributed by atoms with Gasteiger partial charge >= 0.3 is 7.12 Å². The maximum Gasteiger partial charge on any atom is 0.448 e. The topological polar surface area (TPSA) is 158 Å². The van der Waals surface area contributed by atoms with Crippen molar-refractivity contribution in [3.8, 4) is 6.07 Å². The number of nitrogens with two attached hydrogens (primary N) is 1. The van der Waals surface area contributed by atoms with E-state index in [1.807, 2.05) is 13.0 Å². The minimum atomic E-state index is -1.17. The molecule has 0 saturated carbocycles. The predicted molar refractivity (Wildman–Crippen MR) is 160 cm³/mol. The van der Waals surface area contributed by atoms with Gasteiger partial charge in [-0.25, -0.2) is 4.52 Å². The number of rotatable bonds is 7. The molecule has 1 aliphatic rings. The number of anilines is 2. The predicted octanol–water partition coefficient (Wildman–Crippen LogP) is 3.27. The molecule has 0 atom stereocenters. The third kappa shape index (κ3) is 17.8. The Kier molecular flexibility index (Phi) is 24.4. The van der Waals surface area contributed by atoms with E-state index in [9.17, 15) is 4.79 Å². The molecule has 0 unspecified atom stereocenters. The number of allylic oxidation sites excluding steroid dienone is 3. The van der Waals surface area contributed by atoms with Crippen LogP contribution in [0.15, 0.2) is 37.2 Å². The molecule has 3 heterocycles. The number of amides is 1. The molecule has 1 aliphatic heterocycles. The van der Waals surface area contributed by atoms with Crippen LogP contribution in [0.3, 0.4) is 0 Å². The van der Waals surface area contributed by atoms with E-state index in [-0.39, 0.29) is 0 Å². The highest BCUT2D eigenvalue weighted by atomic mass is 16.5. The van der Waals surface area contributed by atoms with E-state index in [0.29, 0.717) is 28.9 Å². The molecule has 0 radical (unpaired) electrons. The fourth-order valence-electron chi connectivity index (χ4n) is 2.99. The number of morpholine rings is 1. The van der Waals surface area contributed by atoms with Gasteiger partial charge in [-0.1, -0.05) is 32.1 Å². The van der Waals surface area contributed by atoms with Crippen molar-refractivity contribution in [3.63, 3.8) is 0 Å². The number of nitrogen functional groups attached to an aromatic ring is 1. The van der Waals surface area contributed by atoms with Crippen molar-refractivity contribution in [1.29, 1.82) is 5.26 Å². The largest absolute Gasteiger partial charge is 0.448 e. The van der Waals surface area contributed by atoms with Crippen LogP contribution in [0.1, 0.15) is 44.7 Å². The molecule has 0 spiro atoms. The number of nitrogens with one attached hydrogen (secondary N) is 1. The lowest BCUT2D eigenvalue weighted by Crippen LogP contribution is -2.38. The third-order valence-electron chi connectivity index (χ3n) is 4.78. The summed E-state index contributed by atoms with van der Waals surface area (Å²) in [5.41, 5.74) is 8.59. The van der Waals surface area contributed by atoms with Gasteiger partial charge in [0.15, 0.2) is 0 Å². The molecule has 1 saturated heterocycles. The summed E-state index contributed by atoms with van der Waals surface area (Å²) in [6.45, 7) is 18.4. The average molecular weight is 547 g/mol. The highest BCUT2D eigenvalue weighted by molar-refractivity contribution is 6.38. The van der Waals surface area contributed by atoms with Gasteiger partial charge in [-0.2, -0.15) is 10.4 Å². The summed E-state index contributed by atoms with van der Waals surface area (Å²) in [5.74, 6) is 0. The lowest BCUT2D eigenvalue weighted by molar-refractivity contribution is -0.105. The average Bonchev–Trinajstić information content (AvgIpc) is 3.24. The van der Waals surface area contributed by atoms with E-state index in [0.717, 1.165) is 45.0 Å². The number of methoxy groups -OCH3 is 1. The number of hydrogen-bond donors (Lipinski definition) is 4. The van der Waals surface area contributed by atoms with Crippen molar-refractivity contribution < 1.29 is 24.3 Å². The van der Waals surface area contributed by atoms with E-state index in [1.165, 1.54) is 30.4 Å². The summed E-state index contributed by atoms with van der Waals surface area (Å²) >= 11 is 0. The third-order valence-corrected chi connectivity index (χ3v) is 4.78. The highest BCUT2D eigenvalue weighted by Crippen LogP contribution is 2.27. The molecular weight excluding hydrogens is 499 g/mol. The normalized spacial score (nSPS) is 12.2. The summed E-state index contributed by atoms with van der Waals surface area (Å²) in [7, 11) is 0.570. The standard InChI is InChI=1S/C10H9N5O.C7H15NO2.C6H12.C3H6.CH5BO2/c1-6-8(13-5-16)4-15-10(6)9(12)7(2-11)3-14-15;1-9-5-2-8-3-6-10-7-4-8;1-3-5-6-4-2;1-3-2;1-2(3)4/h3-5H,12H2,1H3,(H,13,16);2-7H2,1H3;5-6H,3-4H2,1-2H3;3H,1H2,2H3;3-4H,1H3/b;;6-5-;;. The van der Waals surface area contributed by atoms with Crippen molar-refractivity contribution >= 4 is 30.4 Å². The van der Waals surface area contributed by atoms with Gasteiger partial charge in [0.2, 0.25) is 6.41 Å². The Balaban J connectivity index is 0. The lowest BCUT2D eigenvalue weighted by Gasteiger charge is -2.25. The molecule has 1 amide bonds. The van der Waals surface area contributed by atoms with Gasteiger partial charge in [-0.15, -0.1) is 6.58 Å². The first-order valence-electron chi connectivity index (χ1n) is 12.9. The van der Waals surface area contributed by atoms with Gasteiger partial charge in [0.1, 0.15) is 6.07 Å². The van der Waals surface area contributed by atoms with E-state index in [1.54, 1.807) is 26.3 Å². The van der Waals surface area contributed by atoms with Crippen LogP contribution in [0, 0.1) is 18.3 Å². The van der Waals surface area contributed by atoms with E-state index in [2.05, 4.69) is 47.9 Å². The summed E-state index contributed by atoms with van der Waals surface area (Å²) < 4.78 is 11.7. The summed E-state index contributed by atoms with van der Waals surface area (Å²) in [4.78, 5) is 12.7. The first-order chi connectivity index (χ1) is 18.7. The molecule has 0 aromatic carbocycles. The zero-order chi connectivity index (χ0) is 30.1. The molecule has 2 aromatic heterocycles. The van der Waals surface area contributed by atoms with Gasteiger partial charge in [-0.05, 0) is 33.5 Å². The van der Waals surface area contributed by atoms with Crippen molar-refractivity contribution in [2.24, 2.45) is 0 Å². The van der Waals surface area contributed by atoms with Crippen LogP contribution in [0.2, 0.25) is 6.82 Å². The van der Waals surface area contributed by atoms with Crippen LogP contribution in [-0.2, 0) is 14.3 Å². The summed E-state index contributed by atoms with van der Waals surface area (Å²) in [6.07, 6.45) is 12.1. The Labute approximate surface area is 234 Å². The number of aryl methyl sites for hydroxylation is 1. The second-order valence-corrected chi connectivity index (χ2v) is 8.08. The van der Waals surface area contributed by atoms with Crippen molar-refractivity contribution in [2.45, 2.75) is 47.4 Å². The Morgan fingerprint density at radius 2 is 1.85 bits per heavy atom. The van der Waals surface area contributed by atoms with E-state index in [4.69, 9.17) is 30.5 Å². The second kappa shape index (κ2) is 25.1. The minimum absolute atomic E-state index is 0.325. The Morgan fingerprint density at radius 1 is 1.31 bits per heavy atom. The number of ether oxygens (including phenoxy) is 2. The molecule has 3 rings (SSSR count). The Morgan fingerprint density at radius 3 is 2.28 bits per heavy atom. The van der Waals surface area contributed by atoms with Crippen LogP contribution in [-0.4, -0.2) is 84.7 Å². The van der Waals surface area contributed by atoms with Crippen LogP contribution in [0.5, 0.6) is 0 Å². The summed E-state index contributed by atoms with van der Waals surface area (Å²) in [6, 6.07) is 1.97. The van der Waals surface area contributed by atoms with Gasteiger partial charge in [-0.3, -0.25) is 9.69 Å². The van der Waals surface area contributed by atoms with Gasteiger partial charge in [0.25, 0.3) is 0 Å². The van der Waals surface area contributed by atoms with Crippen LogP contribution in [0.25, 0.3) is 5.52 Å². The van der Waals surface area contributed by atoms with Gasteiger partial charge < -0.3 is 30.6 Å². The number of hydrogen-bond acceptors (Lipinski definition) is 9. The fraction of sp³-hybridized carbons (Fsp3) is 0.519. The van der Waals surface area contributed by atoms with Crippen molar-refractivity contribution in [2.75, 3.05) is 57.6 Å². The van der Waals surface area contributed by atoms with Crippen molar-refractivity contribution in [3.05, 3.63) is 48.3 Å². The quantitative estimate of drug-likeness (QED) is 0.232. The van der Waals surface area contributed by atoms with Crippen LogP contribution < -0.4 is 11.1 Å². The first-order valence-corrected chi connectivity index (χ1v) is 12.9. The monoisotopic (exact) mass is 546 g/mol. The zero-order valence-corrected chi connectivity index (χ0v) is 24.4. The maximum atomic E-state index is 10.4. The molecule has 2 aromatic rings. The Hall–Kier alpha value is -3.21. The number of aromatic nitrogens is 2. The molecule has 0 aliphatic carbocycles. The first kappa shape index (κ1) is 37.9. The highest BCUT2D eigenvalue weighted by Gasteiger charge is 2.12. The number of nitriles is 1. The van der Waals surface area contributed by atoms with Crippen molar-refractivity contribution in [1.82, 2.24) is 14.5 Å². The SMILES string of the molecule is C=CC.CB(O)O.CC/C=C\CC.COCCN1CCOCC1.Cc1c(NC=O)cn2ncc(C#N)c(N)c12. The zero-order valence-electron chi connectivity index (χ0n) is 24.4. The number of carbonyl (C=O) groups is 1. The Bertz CT molecular complexity index is 976. The number of fused-ring (bicyclic) bond motifs is 1. The van der Waals surface area contributed by atoms with Gasteiger partial charge in [0, 0.05) is 32.3 Å². The molecule has 0 bridgehead atoms. The van der Waals surface area contributed by atoms with Gasteiger partial charge in [0.05, 0.1) is 54.7 Å². The van der Waals surface area contributed by atoms with Crippen LogP contribution >= 0.6 is 0 Å². The van der Waals surface area contributed by atoms with E-state index < -0.39 is 7.12 Å². The number of nitrogens with zero attached hydrogens (tertiary/aromatic N) is 4. The van der Waals surface area contributed by atoms with E-state index >= 15 is 0 Å². The number of carbonyl (C=O) groups excluding carboxylic acids is 1. The second-order valence-electron chi connectivity index (χ2n) is 8.08. The molecule has 39 heavy (non-hydrogen) atoms. The smallest absolute Gasteiger partial charge is 0.427 e. The molecule has 5 N–H and O–H groups in total. The molecular formula is C27H47BN6O5.